The quantitative estimate of drug-likeness (QED) is 0.885. The number of methoxy groups -OCH3 is 1. The normalized spacial score (nSPS) is 12.4. The lowest BCUT2D eigenvalue weighted by Crippen LogP contribution is -2.30. The first-order chi connectivity index (χ1) is 11.7. The number of anilines is 1. The van der Waals surface area contributed by atoms with E-state index in [-0.39, 0.29) is 6.03 Å². The molecule has 0 spiro atoms. The van der Waals surface area contributed by atoms with Gasteiger partial charge >= 0.3 is 6.03 Å². The number of carbonyl (C=O) groups excluding carboxylic acids is 1. The van der Waals surface area contributed by atoms with Gasteiger partial charge in [-0.15, -0.1) is 0 Å². The molecule has 3 rings (SSSR count). The van der Waals surface area contributed by atoms with Crippen LogP contribution in [0.4, 0.5) is 10.5 Å². The van der Waals surface area contributed by atoms with E-state index in [0.717, 1.165) is 22.8 Å². The molecule has 0 fully saturated rings. The molecule has 1 aliphatic rings. The predicted molar refractivity (Wildman–Crippen MR) is 91.2 cm³/mol. The highest BCUT2D eigenvalue weighted by Gasteiger charge is 2.11. The SMILES string of the molecule is COc1ccc(NC(=O)NCCc2ccc3c(c2)OCCO3)cc1. The summed E-state index contributed by atoms with van der Waals surface area (Å²) in [6.45, 7) is 1.68. The van der Waals surface area contributed by atoms with Crippen LogP contribution >= 0.6 is 0 Å². The molecule has 2 aromatic rings. The fourth-order valence-electron chi connectivity index (χ4n) is 2.41. The van der Waals surface area contributed by atoms with E-state index in [0.29, 0.717) is 31.9 Å². The second kappa shape index (κ2) is 7.59. The number of hydrogen-bond donors (Lipinski definition) is 2. The Hall–Kier alpha value is -2.89. The third-order valence-electron chi connectivity index (χ3n) is 3.65. The zero-order valence-corrected chi connectivity index (χ0v) is 13.5. The van der Waals surface area contributed by atoms with Crippen molar-refractivity contribution in [2.75, 3.05) is 32.2 Å². The van der Waals surface area contributed by atoms with Crippen molar-refractivity contribution in [2.24, 2.45) is 0 Å². The average molecular weight is 328 g/mol. The molecule has 0 saturated carbocycles. The lowest BCUT2D eigenvalue weighted by Gasteiger charge is -2.18. The van der Waals surface area contributed by atoms with Gasteiger partial charge in [0.15, 0.2) is 11.5 Å². The maximum Gasteiger partial charge on any atom is 0.319 e. The summed E-state index contributed by atoms with van der Waals surface area (Å²) >= 11 is 0. The predicted octanol–water partition coefficient (Wildman–Crippen LogP) is 2.83. The minimum absolute atomic E-state index is 0.238. The van der Waals surface area contributed by atoms with Crippen molar-refractivity contribution < 1.29 is 19.0 Å². The Morgan fingerprint density at radius 3 is 2.58 bits per heavy atom. The highest BCUT2D eigenvalue weighted by Crippen LogP contribution is 2.30. The number of hydrogen-bond acceptors (Lipinski definition) is 4. The molecule has 6 heteroatoms. The average Bonchev–Trinajstić information content (AvgIpc) is 2.62. The number of fused-ring (bicyclic) bond motifs is 1. The molecule has 0 radical (unpaired) electrons. The molecule has 0 atom stereocenters. The molecule has 0 saturated heterocycles. The molecule has 0 aromatic heterocycles. The van der Waals surface area contributed by atoms with Gasteiger partial charge in [-0.2, -0.15) is 0 Å². The Labute approximate surface area is 140 Å². The third-order valence-corrected chi connectivity index (χ3v) is 3.65. The van der Waals surface area contributed by atoms with E-state index in [2.05, 4.69) is 10.6 Å². The largest absolute Gasteiger partial charge is 0.497 e. The van der Waals surface area contributed by atoms with E-state index in [1.165, 1.54) is 0 Å². The van der Waals surface area contributed by atoms with Crippen molar-refractivity contribution in [2.45, 2.75) is 6.42 Å². The zero-order valence-electron chi connectivity index (χ0n) is 13.5. The van der Waals surface area contributed by atoms with E-state index in [1.54, 1.807) is 31.4 Å². The van der Waals surface area contributed by atoms with Gasteiger partial charge in [0.1, 0.15) is 19.0 Å². The third kappa shape index (κ3) is 4.10. The van der Waals surface area contributed by atoms with Crippen LogP contribution < -0.4 is 24.8 Å². The first-order valence-electron chi connectivity index (χ1n) is 7.82. The topological polar surface area (TPSA) is 68.8 Å². The zero-order chi connectivity index (χ0) is 16.8. The molecule has 2 aromatic carbocycles. The van der Waals surface area contributed by atoms with Crippen LogP contribution in [0.25, 0.3) is 0 Å². The van der Waals surface area contributed by atoms with Gasteiger partial charge in [-0.3, -0.25) is 0 Å². The molecule has 1 heterocycles. The van der Waals surface area contributed by atoms with Crippen LogP contribution in [-0.2, 0) is 6.42 Å². The number of ether oxygens (including phenoxy) is 3. The van der Waals surface area contributed by atoms with Crippen LogP contribution in [-0.4, -0.2) is 32.9 Å². The lowest BCUT2D eigenvalue weighted by atomic mass is 10.1. The summed E-state index contributed by atoms with van der Waals surface area (Å²) in [6.07, 6.45) is 0.715. The van der Waals surface area contributed by atoms with Crippen molar-refractivity contribution >= 4 is 11.7 Å². The molecule has 0 unspecified atom stereocenters. The van der Waals surface area contributed by atoms with Crippen LogP contribution in [0.5, 0.6) is 17.2 Å². The molecule has 1 aliphatic heterocycles. The number of nitrogens with one attached hydrogen (secondary N) is 2. The Bertz CT molecular complexity index is 701. The molecule has 0 bridgehead atoms. The first-order valence-corrected chi connectivity index (χ1v) is 7.82. The highest BCUT2D eigenvalue weighted by molar-refractivity contribution is 5.89. The van der Waals surface area contributed by atoms with Gasteiger partial charge in [0.25, 0.3) is 0 Å². The second-order valence-electron chi connectivity index (χ2n) is 5.34. The molecular formula is C18H20N2O4. The fourth-order valence-corrected chi connectivity index (χ4v) is 2.41. The van der Waals surface area contributed by atoms with Crippen LogP contribution in [0, 0.1) is 0 Å². The van der Waals surface area contributed by atoms with Crippen molar-refractivity contribution in [1.82, 2.24) is 5.32 Å². The van der Waals surface area contributed by atoms with Crippen molar-refractivity contribution in [1.29, 1.82) is 0 Å². The summed E-state index contributed by atoms with van der Waals surface area (Å²) in [7, 11) is 1.60. The molecular weight excluding hydrogens is 308 g/mol. The summed E-state index contributed by atoms with van der Waals surface area (Å²) in [4.78, 5) is 11.9. The van der Waals surface area contributed by atoms with Gasteiger partial charge in [0, 0.05) is 12.2 Å². The van der Waals surface area contributed by atoms with E-state index in [1.807, 2.05) is 18.2 Å². The van der Waals surface area contributed by atoms with Crippen LogP contribution in [0.1, 0.15) is 5.56 Å². The number of benzene rings is 2. The summed E-state index contributed by atoms with van der Waals surface area (Å²) in [6, 6.07) is 12.8. The van der Waals surface area contributed by atoms with Gasteiger partial charge < -0.3 is 24.8 Å². The van der Waals surface area contributed by atoms with Gasteiger partial charge in [0.2, 0.25) is 0 Å². The van der Waals surface area contributed by atoms with Crippen LogP contribution in [0.15, 0.2) is 42.5 Å². The molecule has 2 amide bonds. The minimum Gasteiger partial charge on any atom is -0.497 e. The van der Waals surface area contributed by atoms with E-state index < -0.39 is 0 Å². The molecule has 2 N–H and O–H groups in total. The van der Waals surface area contributed by atoms with Gasteiger partial charge in [-0.1, -0.05) is 6.07 Å². The maximum absolute atomic E-state index is 11.9. The monoisotopic (exact) mass is 328 g/mol. The first kappa shape index (κ1) is 16.0. The van der Waals surface area contributed by atoms with Crippen LogP contribution in [0.2, 0.25) is 0 Å². The smallest absolute Gasteiger partial charge is 0.319 e. The number of carbonyl (C=O) groups is 1. The van der Waals surface area contributed by atoms with Crippen molar-refractivity contribution in [3.8, 4) is 17.2 Å². The maximum atomic E-state index is 11.9. The molecule has 0 aliphatic carbocycles. The Morgan fingerprint density at radius 2 is 1.83 bits per heavy atom. The van der Waals surface area contributed by atoms with Gasteiger partial charge in [0.05, 0.1) is 7.11 Å². The number of amides is 2. The lowest BCUT2D eigenvalue weighted by molar-refractivity contribution is 0.171. The molecule has 126 valence electrons. The van der Waals surface area contributed by atoms with Gasteiger partial charge in [-0.05, 0) is 48.4 Å². The Kier molecular flexibility index (Phi) is 5.05. The van der Waals surface area contributed by atoms with E-state index >= 15 is 0 Å². The number of urea groups is 1. The van der Waals surface area contributed by atoms with Gasteiger partial charge in [-0.25, -0.2) is 4.79 Å². The summed E-state index contributed by atoms with van der Waals surface area (Å²) in [5.74, 6) is 2.29. The fraction of sp³-hybridized carbons (Fsp3) is 0.278. The Balaban J connectivity index is 1.46. The standard InChI is InChI=1S/C18H20N2O4/c1-22-15-5-3-14(4-6-15)20-18(21)19-9-8-13-2-7-16-17(12-13)24-11-10-23-16/h2-7,12H,8-11H2,1H3,(H2,19,20,21). The Morgan fingerprint density at radius 1 is 1.08 bits per heavy atom. The number of rotatable bonds is 5. The van der Waals surface area contributed by atoms with Crippen LogP contribution in [0.3, 0.4) is 0 Å². The molecule has 24 heavy (non-hydrogen) atoms. The van der Waals surface area contributed by atoms with E-state index in [4.69, 9.17) is 14.2 Å². The summed E-state index contributed by atoms with van der Waals surface area (Å²) < 4.78 is 16.1. The van der Waals surface area contributed by atoms with Crippen molar-refractivity contribution in [3.05, 3.63) is 48.0 Å². The summed E-state index contributed by atoms with van der Waals surface area (Å²) in [5.41, 5.74) is 1.80. The minimum atomic E-state index is -0.238. The van der Waals surface area contributed by atoms with E-state index in [9.17, 15) is 4.79 Å². The second-order valence-corrected chi connectivity index (χ2v) is 5.34. The summed E-state index contributed by atoms with van der Waals surface area (Å²) in [5, 5.41) is 5.61. The molecule has 6 nitrogen and oxygen atoms in total. The van der Waals surface area contributed by atoms with Crippen molar-refractivity contribution in [3.63, 3.8) is 0 Å². The highest BCUT2D eigenvalue weighted by atomic mass is 16.6.